The van der Waals surface area contributed by atoms with Gasteiger partial charge in [-0.25, -0.2) is 8.42 Å². The molecule has 5 rings (SSSR count). The molecule has 2 aromatic rings. The maximum atomic E-state index is 12.3. The third kappa shape index (κ3) is 3.36. The van der Waals surface area contributed by atoms with Crippen LogP contribution in [0.15, 0.2) is 30.6 Å². The summed E-state index contributed by atoms with van der Waals surface area (Å²) >= 11 is 0. The van der Waals surface area contributed by atoms with Gasteiger partial charge in [0.25, 0.3) is 0 Å². The molecule has 3 aliphatic heterocycles. The van der Waals surface area contributed by atoms with Crippen molar-refractivity contribution < 1.29 is 22.1 Å². The number of amides is 1. The number of piperazine rings is 1. The minimum absolute atomic E-state index is 0.0754. The molecule has 0 bridgehead atoms. The Labute approximate surface area is 186 Å². The number of hydrogen-bond donors (Lipinski definition) is 0. The Morgan fingerprint density at radius 2 is 2.10 bits per heavy atom. The van der Waals surface area contributed by atoms with Gasteiger partial charge in [-0.05, 0) is 36.6 Å². The highest BCUT2D eigenvalue weighted by molar-refractivity contribution is 7.89. The highest BCUT2D eigenvalue weighted by atomic mass is 32.2. The number of fused-ring (bicyclic) bond motifs is 4. The number of carbonyl (C=O) groups is 1. The molecule has 0 spiro atoms. The van der Waals surface area contributed by atoms with Crippen LogP contribution < -0.4 is 14.5 Å². The molecule has 1 aromatic heterocycles. The Morgan fingerprint density at radius 3 is 2.90 bits per heavy atom. The second-order valence-electron chi connectivity index (χ2n) is 8.02. The molecule has 164 valence electrons. The van der Waals surface area contributed by atoms with E-state index in [-0.39, 0.29) is 18.2 Å². The van der Waals surface area contributed by atoms with Crippen LogP contribution in [-0.2, 0) is 21.2 Å². The molecule has 9 heteroatoms. The Balaban J connectivity index is 1.48. The lowest BCUT2D eigenvalue weighted by Gasteiger charge is -2.45. The first-order valence-electron chi connectivity index (χ1n) is 11.9. The Kier molecular flexibility index (Phi) is 4.10. The van der Waals surface area contributed by atoms with E-state index in [4.69, 9.17) is 8.85 Å². The lowest BCUT2D eigenvalue weighted by atomic mass is 9.95. The van der Waals surface area contributed by atoms with Gasteiger partial charge in [0.2, 0.25) is 15.9 Å². The summed E-state index contributed by atoms with van der Waals surface area (Å²) in [6.07, 6.45) is 4.06. The summed E-state index contributed by atoms with van der Waals surface area (Å²) in [7, 11) is -3.26. The van der Waals surface area contributed by atoms with E-state index in [0.29, 0.717) is 44.1 Å². The molecule has 0 saturated carbocycles. The van der Waals surface area contributed by atoms with E-state index in [1.54, 1.807) is 31.5 Å². The largest absolute Gasteiger partial charge is 0.488 e. The fourth-order valence-corrected chi connectivity index (χ4v) is 5.68. The van der Waals surface area contributed by atoms with Gasteiger partial charge in [-0.2, -0.15) is 4.31 Å². The van der Waals surface area contributed by atoms with Crippen LogP contribution in [0.4, 0.5) is 11.4 Å². The zero-order chi connectivity index (χ0) is 24.3. The van der Waals surface area contributed by atoms with Gasteiger partial charge in [-0.1, -0.05) is 6.07 Å². The van der Waals surface area contributed by atoms with Gasteiger partial charge < -0.3 is 14.5 Å². The van der Waals surface area contributed by atoms with E-state index in [2.05, 4.69) is 9.88 Å². The quantitative estimate of drug-likeness (QED) is 0.718. The second kappa shape index (κ2) is 7.49. The fourth-order valence-electron chi connectivity index (χ4n) is 4.56. The summed E-state index contributed by atoms with van der Waals surface area (Å²) in [4.78, 5) is 19.8. The highest BCUT2D eigenvalue weighted by Crippen LogP contribution is 2.43. The SMILES string of the molecule is [2H]C([2H])([2H])N1C(=O)CCc2cc(-c3cncc4c3OCC3CN(S(=O)(=O)CC)CCN43)ccc21. The van der Waals surface area contributed by atoms with Crippen LogP contribution in [0.5, 0.6) is 5.75 Å². The number of pyridine rings is 1. The lowest BCUT2D eigenvalue weighted by molar-refractivity contribution is -0.118. The Bertz CT molecular complexity index is 1250. The molecule has 31 heavy (non-hydrogen) atoms. The normalized spacial score (nSPS) is 23.1. The van der Waals surface area contributed by atoms with Crippen molar-refractivity contribution in [1.82, 2.24) is 9.29 Å². The van der Waals surface area contributed by atoms with Crippen LogP contribution in [0.3, 0.4) is 0 Å². The minimum Gasteiger partial charge on any atom is -0.488 e. The summed E-state index contributed by atoms with van der Waals surface area (Å²) in [6, 6.07) is 5.27. The number of benzene rings is 1. The molecule has 1 unspecified atom stereocenters. The average molecular weight is 446 g/mol. The number of hydrogen-bond acceptors (Lipinski definition) is 6. The van der Waals surface area contributed by atoms with Crippen molar-refractivity contribution >= 4 is 27.3 Å². The molecule has 0 radical (unpaired) electrons. The Morgan fingerprint density at radius 1 is 1.23 bits per heavy atom. The van der Waals surface area contributed by atoms with Gasteiger partial charge in [0.05, 0.1) is 23.7 Å². The monoisotopic (exact) mass is 445 g/mol. The van der Waals surface area contributed by atoms with Crippen molar-refractivity contribution in [2.75, 3.05) is 48.8 Å². The third-order valence-corrected chi connectivity index (χ3v) is 8.15. The zero-order valence-electron chi connectivity index (χ0n) is 20.2. The zero-order valence-corrected chi connectivity index (χ0v) is 18.1. The molecule has 3 aliphatic rings. The summed E-state index contributed by atoms with van der Waals surface area (Å²) in [5.41, 5.74) is 3.62. The van der Waals surface area contributed by atoms with E-state index in [9.17, 15) is 13.2 Å². The third-order valence-electron chi connectivity index (χ3n) is 6.30. The van der Waals surface area contributed by atoms with Crippen molar-refractivity contribution in [3.63, 3.8) is 0 Å². The number of nitrogens with zero attached hydrogens (tertiary/aromatic N) is 4. The maximum absolute atomic E-state index is 12.3. The molecular formula is C22H26N4O4S. The van der Waals surface area contributed by atoms with Crippen LogP contribution in [0.2, 0.25) is 0 Å². The Hall–Kier alpha value is -2.65. The standard InChI is InChI=1S/C22H26N4O4S/c1-3-31(28,29)25-8-9-26-17(13-25)14-30-22-18(11-23-12-20(22)26)15-4-6-19-16(10-15)5-7-21(27)24(19)2/h4,6,10-12,17H,3,5,7-9,13-14H2,1-2H3/i2D3. The first-order chi connectivity index (χ1) is 16.1. The van der Waals surface area contributed by atoms with Crippen molar-refractivity contribution in [3.05, 3.63) is 36.2 Å². The van der Waals surface area contributed by atoms with Gasteiger partial charge >= 0.3 is 0 Å². The summed E-state index contributed by atoms with van der Waals surface area (Å²) < 4.78 is 55.6. The lowest BCUT2D eigenvalue weighted by Crippen LogP contribution is -2.58. The molecular weight excluding hydrogens is 416 g/mol. The van der Waals surface area contributed by atoms with Crippen molar-refractivity contribution in [1.29, 1.82) is 0 Å². The molecule has 0 N–H and O–H groups in total. The summed E-state index contributed by atoms with van der Waals surface area (Å²) in [6.45, 7) is 0.798. The number of sulfonamides is 1. The van der Waals surface area contributed by atoms with Gasteiger partial charge in [-0.15, -0.1) is 0 Å². The summed E-state index contributed by atoms with van der Waals surface area (Å²) in [5, 5.41) is 0. The average Bonchev–Trinajstić information content (AvgIpc) is 2.81. The van der Waals surface area contributed by atoms with Crippen LogP contribution in [0, 0.1) is 0 Å². The number of aromatic nitrogens is 1. The first kappa shape index (κ1) is 17.0. The van der Waals surface area contributed by atoms with E-state index >= 15 is 0 Å². The van der Waals surface area contributed by atoms with Crippen molar-refractivity contribution in [2.24, 2.45) is 0 Å². The predicted molar refractivity (Wildman–Crippen MR) is 119 cm³/mol. The second-order valence-corrected chi connectivity index (χ2v) is 10.3. The molecule has 1 amide bonds. The first-order valence-corrected chi connectivity index (χ1v) is 12.0. The van der Waals surface area contributed by atoms with Crippen LogP contribution in [-0.4, -0.2) is 68.6 Å². The van der Waals surface area contributed by atoms with E-state index in [1.165, 1.54) is 4.31 Å². The van der Waals surface area contributed by atoms with Crippen molar-refractivity contribution in [3.8, 4) is 16.9 Å². The highest BCUT2D eigenvalue weighted by Gasteiger charge is 2.37. The number of ether oxygens (including phenoxy) is 1. The molecule has 4 heterocycles. The minimum atomic E-state index is -3.26. The molecule has 8 nitrogen and oxygen atoms in total. The van der Waals surface area contributed by atoms with Gasteiger partial charge in [0, 0.05) is 54.6 Å². The van der Waals surface area contributed by atoms with Crippen LogP contribution >= 0.6 is 0 Å². The number of carbonyl (C=O) groups excluding carboxylic acids is 1. The number of anilines is 2. The smallest absolute Gasteiger partial charge is 0.227 e. The van der Waals surface area contributed by atoms with E-state index in [0.717, 1.165) is 27.3 Å². The molecule has 1 fully saturated rings. The van der Waals surface area contributed by atoms with Gasteiger partial charge in [0.15, 0.2) is 5.75 Å². The molecule has 0 aliphatic carbocycles. The van der Waals surface area contributed by atoms with Gasteiger partial charge in [0.1, 0.15) is 6.61 Å². The topological polar surface area (TPSA) is 83.0 Å². The molecule has 1 saturated heterocycles. The van der Waals surface area contributed by atoms with Crippen LogP contribution in [0.25, 0.3) is 11.1 Å². The predicted octanol–water partition coefficient (Wildman–Crippen LogP) is 1.89. The van der Waals surface area contributed by atoms with E-state index in [1.807, 2.05) is 6.07 Å². The summed E-state index contributed by atoms with van der Waals surface area (Å²) in [5.74, 6) is 0.349. The fraction of sp³-hybridized carbons (Fsp3) is 0.455. The van der Waals surface area contributed by atoms with Crippen LogP contribution in [0.1, 0.15) is 23.0 Å². The van der Waals surface area contributed by atoms with Gasteiger partial charge in [-0.3, -0.25) is 9.78 Å². The van der Waals surface area contributed by atoms with Crippen molar-refractivity contribution in [2.45, 2.75) is 25.8 Å². The number of rotatable bonds is 3. The maximum Gasteiger partial charge on any atom is 0.227 e. The molecule has 1 aromatic carbocycles. The van der Waals surface area contributed by atoms with E-state index < -0.39 is 22.9 Å². The molecule has 1 atom stereocenters. The number of aryl methyl sites for hydroxylation is 1.